The van der Waals surface area contributed by atoms with E-state index >= 15 is 0 Å². The zero-order valence-corrected chi connectivity index (χ0v) is 10.3. The summed E-state index contributed by atoms with van der Waals surface area (Å²) in [5, 5.41) is 6.05. The van der Waals surface area contributed by atoms with Crippen molar-refractivity contribution in [3.05, 3.63) is 35.4 Å². The highest BCUT2D eigenvalue weighted by Gasteiger charge is 2.04. The van der Waals surface area contributed by atoms with Crippen molar-refractivity contribution in [3.63, 3.8) is 0 Å². The average Bonchev–Trinajstić information content (AvgIpc) is 2.39. The van der Waals surface area contributed by atoms with Crippen LogP contribution in [-0.2, 0) is 11.3 Å². The first-order valence-electron chi connectivity index (χ1n) is 5.27. The molecule has 0 bridgehead atoms. The molecule has 0 aliphatic rings. The number of esters is 1. The van der Waals surface area contributed by atoms with E-state index in [4.69, 9.17) is 0 Å². The largest absolute Gasteiger partial charge is 0.465 e. The van der Waals surface area contributed by atoms with Crippen LogP contribution in [-0.4, -0.2) is 33.1 Å². The molecular weight excluding hydrogens is 218 g/mol. The molecule has 1 rings (SSSR count). The third-order valence-corrected chi connectivity index (χ3v) is 2.30. The summed E-state index contributed by atoms with van der Waals surface area (Å²) in [7, 11) is 4.88. The van der Waals surface area contributed by atoms with E-state index in [9.17, 15) is 4.79 Å². The van der Waals surface area contributed by atoms with Gasteiger partial charge in [-0.2, -0.15) is 0 Å². The molecule has 0 aliphatic heterocycles. The van der Waals surface area contributed by atoms with Gasteiger partial charge in [-0.3, -0.25) is 4.99 Å². The molecule has 0 fully saturated rings. The van der Waals surface area contributed by atoms with Gasteiger partial charge in [-0.05, 0) is 17.7 Å². The molecule has 5 heteroatoms. The topological polar surface area (TPSA) is 62.7 Å². The summed E-state index contributed by atoms with van der Waals surface area (Å²) in [6.45, 7) is 0.648. The molecule has 92 valence electrons. The lowest BCUT2D eigenvalue weighted by Gasteiger charge is -2.08. The van der Waals surface area contributed by atoms with Crippen molar-refractivity contribution in [2.45, 2.75) is 6.54 Å². The van der Waals surface area contributed by atoms with Gasteiger partial charge < -0.3 is 15.4 Å². The van der Waals surface area contributed by atoms with Crippen molar-refractivity contribution in [2.75, 3.05) is 21.2 Å². The molecular formula is C12H17N3O2. The quantitative estimate of drug-likeness (QED) is 0.461. The van der Waals surface area contributed by atoms with Crippen LogP contribution in [0.5, 0.6) is 0 Å². The van der Waals surface area contributed by atoms with Crippen LogP contribution in [0.1, 0.15) is 15.9 Å². The number of carbonyl (C=O) groups is 1. The number of guanidine groups is 1. The van der Waals surface area contributed by atoms with Crippen molar-refractivity contribution in [1.29, 1.82) is 0 Å². The van der Waals surface area contributed by atoms with Crippen LogP contribution in [0.4, 0.5) is 0 Å². The number of nitrogens with one attached hydrogen (secondary N) is 2. The molecule has 0 spiro atoms. The van der Waals surface area contributed by atoms with Gasteiger partial charge >= 0.3 is 5.97 Å². The number of ether oxygens (including phenoxy) is 1. The summed E-state index contributed by atoms with van der Waals surface area (Å²) in [4.78, 5) is 15.2. The molecule has 5 nitrogen and oxygen atoms in total. The predicted octanol–water partition coefficient (Wildman–Crippen LogP) is 0.768. The fraction of sp³-hybridized carbons (Fsp3) is 0.333. The first kappa shape index (κ1) is 13.0. The van der Waals surface area contributed by atoms with E-state index < -0.39 is 0 Å². The third kappa shape index (κ3) is 3.79. The number of rotatable bonds is 3. The maximum absolute atomic E-state index is 11.2. The van der Waals surface area contributed by atoms with E-state index in [1.54, 1.807) is 26.2 Å². The van der Waals surface area contributed by atoms with Crippen molar-refractivity contribution >= 4 is 11.9 Å². The minimum Gasteiger partial charge on any atom is -0.465 e. The number of benzene rings is 1. The van der Waals surface area contributed by atoms with Crippen LogP contribution < -0.4 is 10.6 Å². The van der Waals surface area contributed by atoms with Crippen LogP contribution in [0.15, 0.2) is 29.3 Å². The molecule has 0 radical (unpaired) electrons. The van der Waals surface area contributed by atoms with Crippen molar-refractivity contribution in [1.82, 2.24) is 10.6 Å². The molecule has 0 aromatic heterocycles. The minimum atomic E-state index is -0.324. The van der Waals surface area contributed by atoms with Crippen molar-refractivity contribution in [2.24, 2.45) is 4.99 Å². The van der Waals surface area contributed by atoms with E-state index in [0.29, 0.717) is 12.1 Å². The summed E-state index contributed by atoms with van der Waals surface area (Å²) < 4.78 is 4.63. The van der Waals surface area contributed by atoms with E-state index in [1.165, 1.54) is 7.11 Å². The number of nitrogens with zero attached hydrogens (tertiary/aromatic N) is 1. The van der Waals surface area contributed by atoms with Crippen LogP contribution >= 0.6 is 0 Å². The smallest absolute Gasteiger partial charge is 0.337 e. The lowest BCUT2D eigenvalue weighted by atomic mass is 10.1. The van der Waals surface area contributed by atoms with Crippen LogP contribution in [0, 0.1) is 0 Å². The normalized spacial score (nSPS) is 10.9. The number of aliphatic imine (C=N–C) groups is 1. The fourth-order valence-electron chi connectivity index (χ4n) is 1.34. The Morgan fingerprint density at radius 2 is 2.00 bits per heavy atom. The molecule has 0 saturated heterocycles. The zero-order chi connectivity index (χ0) is 12.7. The Bertz CT molecular complexity index is 399. The van der Waals surface area contributed by atoms with Crippen molar-refractivity contribution in [3.8, 4) is 0 Å². The monoisotopic (exact) mass is 235 g/mol. The maximum atomic E-state index is 11.2. The van der Waals surface area contributed by atoms with Crippen LogP contribution in [0.2, 0.25) is 0 Å². The molecule has 0 saturated carbocycles. The standard InChI is InChI=1S/C12H17N3O2/c1-13-12(14-2)15-8-9-4-6-10(7-5-9)11(16)17-3/h4-7H,8H2,1-3H3,(H2,13,14,15). The van der Waals surface area contributed by atoms with Crippen LogP contribution in [0.25, 0.3) is 0 Å². The highest BCUT2D eigenvalue weighted by Crippen LogP contribution is 2.05. The average molecular weight is 235 g/mol. The zero-order valence-electron chi connectivity index (χ0n) is 10.3. The molecule has 0 aliphatic carbocycles. The molecule has 2 N–H and O–H groups in total. The summed E-state index contributed by atoms with van der Waals surface area (Å²) >= 11 is 0. The number of carbonyl (C=O) groups excluding carboxylic acids is 1. The van der Waals surface area contributed by atoms with Gasteiger partial charge in [-0.25, -0.2) is 4.79 Å². The number of methoxy groups -OCH3 is 1. The van der Waals surface area contributed by atoms with Crippen molar-refractivity contribution < 1.29 is 9.53 Å². The highest BCUT2D eigenvalue weighted by molar-refractivity contribution is 5.89. The van der Waals surface area contributed by atoms with Gasteiger partial charge in [-0.15, -0.1) is 0 Å². The van der Waals surface area contributed by atoms with Gasteiger partial charge in [-0.1, -0.05) is 12.1 Å². The highest BCUT2D eigenvalue weighted by atomic mass is 16.5. The van der Waals surface area contributed by atoms with Crippen LogP contribution in [0.3, 0.4) is 0 Å². The number of hydrogen-bond acceptors (Lipinski definition) is 3. The van der Waals surface area contributed by atoms with E-state index in [1.807, 2.05) is 12.1 Å². The Morgan fingerprint density at radius 3 is 2.47 bits per heavy atom. The van der Waals surface area contributed by atoms with E-state index in [-0.39, 0.29) is 5.97 Å². The number of hydrogen-bond donors (Lipinski definition) is 2. The minimum absolute atomic E-state index is 0.324. The summed E-state index contributed by atoms with van der Waals surface area (Å²) in [6.07, 6.45) is 0. The van der Waals surface area contributed by atoms with Gasteiger partial charge in [0.1, 0.15) is 0 Å². The molecule has 1 aromatic carbocycles. The molecule has 0 atom stereocenters. The lowest BCUT2D eigenvalue weighted by molar-refractivity contribution is 0.0600. The van der Waals surface area contributed by atoms with Gasteiger partial charge in [0.15, 0.2) is 5.96 Å². The molecule has 0 amide bonds. The Hall–Kier alpha value is -2.04. The van der Waals surface area contributed by atoms with Gasteiger partial charge in [0.2, 0.25) is 0 Å². The third-order valence-electron chi connectivity index (χ3n) is 2.30. The molecule has 17 heavy (non-hydrogen) atoms. The van der Waals surface area contributed by atoms with Gasteiger partial charge in [0.05, 0.1) is 12.7 Å². The first-order valence-corrected chi connectivity index (χ1v) is 5.27. The van der Waals surface area contributed by atoms with Gasteiger partial charge in [0, 0.05) is 20.6 Å². The summed E-state index contributed by atoms with van der Waals surface area (Å²) in [5.74, 6) is 0.401. The van der Waals surface area contributed by atoms with E-state index in [2.05, 4.69) is 20.4 Å². The molecule has 0 heterocycles. The Labute approximate surface area is 101 Å². The fourth-order valence-corrected chi connectivity index (χ4v) is 1.34. The Morgan fingerprint density at radius 1 is 1.35 bits per heavy atom. The Kier molecular flexibility index (Phi) is 5.00. The summed E-state index contributed by atoms with van der Waals surface area (Å²) in [6, 6.07) is 7.24. The maximum Gasteiger partial charge on any atom is 0.337 e. The lowest BCUT2D eigenvalue weighted by Crippen LogP contribution is -2.34. The molecule has 1 aromatic rings. The second-order valence-corrected chi connectivity index (χ2v) is 3.36. The Balaban J connectivity index is 2.60. The second kappa shape index (κ2) is 6.52. The second-order valence-electron chi connectivity index (χ2n) is 3.36. The molecule has 0 unspecified atom stereocenters. The van der Waals surface area contributed by atoms with Gasteiger partial charge in [0.25, 0.3) is 0 Å². The first-order chi connectivity index (χ1) is 8.21. The summed E-state index contributed by atoms with van der Waals surface area (Å²) in [5.41, 5.74) is 1.61. The SMILES string of the molecule is CN=C(NC)NCc1ccc(C(=O)OC)cc1. The van der Waals surface area contributed by atoms with E-state index in [0.717, 1.165) is 11.5 Å². The predicted molar refractivity (Wildman–Crippen MR) is 67.0 cm³/mol.